The molecule has 2 heteroatoms. The predicted octanol–water partition coefficient (Wildman–Crippen LogP) is 5.30. The van der Waals surface area contributed by atoms with Crippen molar-refractivity contribution in [1.29, 1.82) is 0 Å². The van der Waals surface area contributed by atoms with Gasteiger partial charge >= 0.3 is 0 Å². The van der Waals surface area contributed by atoms with Crippen LogP contribution in [0.3, 0.4) is 0 Å². The molecule has 3 aromatic carbocycles. The van der Waals surface area contributed by atoms with Gasteiger partial charge in [-0.25, -0.2) is 0 Å². The molecule has 0 N–H and O–H groups in total. The number of aryl methyl sites for hydroxylation is 1. The Labute approximate surface area is 131 Å². The number of fused-ring (bicyclic) bond motifs is 1. The Balaban J connectivity index is 2.07. The van der Waals surface area contributed by atoms with E-state index in [1.165, 1.54) is 10.9 Å². The molecule has 0 aliphatic heterocycles. The second-order valence-electron chi connectivity index (χ2n) is 5.23. The number of rotatable bonds is 4. The minimum atomic E-state index is 0.643. The van der Waals surface area contributed by atoms with Crippen LogP contribution in [0.5, 0.6) is 5.75 Å². The number of aliphatic imine (C=N–C) groups is 1. The van der Waals surface area contributed by atoms with Gasteiger partial charge in [0.15, 0.2) is 0 Å². The number of ether oxygens (including phenoxy) is 1. The zero-order valence-electron chi connectivity index (χ0n) is 12.9. The first-order valence-electron chi connectivity index (χ1n) is 7.53. The maximum atomic E-state index is 5.76. The summed E-state index contributed by atoms with van der Waals surface area (Å²) in [6.45, 7) is 4.71. The monoisotopic (exact) mass is 289 g/mol. The van der Waals surface area contributed by atoms with Gasteiger partial charge in [-0.05, 0) is 42.8 Å². The van der Waals surface area contributed by atoms with Gasteiger partial charge in [0, 0.05) is 11.8 Å². The number of benzene rings is 3. The highest BCUT2D eigenvalue weighted by molar-refractivity contribution is 6.03. The molecule has 0 saturated heterocycles. The fourth-order valence-corrected chi connectivity index (χ4v) is 2.46. The van der Waals surface area contributed by atoms with Gasteiger partial charge in [-0.1, -0.05) is 48.0 Å². The Morgan fingerprint density at radius 2 is 1.73 bits per heavy atom. The van der Waals surface area contributed by atoms with E-state index in [2.05, 4.69) is 42.2 Å². The van der Waals surface area contributed by atoms with Crippen LogP contribution >= 0.6 is 0 Å². The van der Waals surface area contributed by atoms with E-state index in [1.807, 2.05) is 43.5 Å². The first-order valence-corrected chi connectivity index (χ1v) is 7.53. The summed E-state index contributed by atoms with van der Waals surface area (Å²) >= 11 is 0. The Morgan fingerprint density at radius 1 is 0.955 bits per heavy atom. The summed E-state index contributed by atoms with van der Waals surface area (Å²) in [5.41, 5.74) is 3.21. The highest BCUT2D eigenvalue weighted by Crippen LogP contribution is 2.27. The second-order valence-corrected chi connectivity index (χ2v) is 5.23. The highest BCUT2D eigenvalue weighted by Gasteiger charge is 2.06. The number of hydrogen-bond donors (Lipinski definition) is 0. The summed E-state index contributed by atoms with van der Waals surface area (Å²) in [5.74, 6) is 0.872. The van der Waals surface area contributed by atoms with Gasteiger partial charge in [-0.15, -0.1) is 0 Å². The second kappa shape index (κ2) is 6.44. The van der Waals surface area contributed by atoms with Gasteiger partial charge in [-0.2, -0.15) is 0 Å². The van der Waals surface area contributed by atoms with Crippen LogP contribution in [0.15, 0.2) is 65.7 Å². The van der Waals surface area contributed by atoms with Crippen molar-refractivity contribution in [2.45, 2.75) is 13.8 Å². The molecule has 0 atom stereocenters. The molecule has 0 fully saturated rings. The summed E-state index contributed by atoms with van der Waals surface area (Å²) in [7, 11) is 0. The summed E-state index contributed by atoms with van der Waals surface area (Å²) in [6.07, 6.45) is 1.90. The van der Waals surface area contributed by atoms with Crippen molar-refractivity contribution in [3.8, 4) is 5.75 Å². The van der Waals surface area contributed by atoms with E-state index in [0.29, 0.717) is 6.61 Å². The molecule has 0 amide bonds. The maximum absolute atomic E-state index is 5.76. The van der Waals surface area contributed by atoms with Crippen LogP contribution in [-0.2, 0) is 0 Å². The Hall–Kier alpha value is -2.61. The summed E-state index contributed by atoms with van der Waals surface area (Å²) in [5, 5.41) is 2.35. The lowest BCUT2D eigenvalue weighted by Crippen LogP contribution is -1.97. The molecule has 3 rings (SSSR count). The molecule has 22 heavy (non-hydrogen) atoms. The third kappa shape index (κ3) is 3.01. The minimum absolute atomic E-state index is 0.643. The van der Waals surface area contributed by atoms with Crippen LogP contribution in [0.1, 0.15) is 18.1 Å². The van der Waals surface area contributed by atoms with Crippen LogP contribution in [0.25, 0.3) is 10.8 Å². The molecule has 0 aliphatic rings. The van der Waals surface area contributed by atoms with Gasteiger partial charge in [0.2, 0.25) is 0 Å². The Morgan fingerprint density at radius 3 is 2.50 bits per heavy atom. The lowest BCUT2D eigenvalue weighted by molar-refractivity contribution is 0.340. The first kappa shape index (κ1) is 14.3. The van der Waals surface area contributed by atoms with Gasteiger partial charge < -0.3 is 4.74 Å². The average molecular weight is 289 g/mol. The van der Waals surface area contributed by atoms with E-state index in [0.717, 1.165) is 22.4 Å². The quantitative estimate of drug-likeness (QED) is 0.597. The van der Waals surface area contributed by atoms with Crippen LogP contribution in [-0.4, -0.2) is 12.8 Å². The molecule has 0 unspecified atom stereocenters. The third-order valence-electron chi connectivity index (χ3n) is 3.61. The standard InChI is InChI=1S/C20H19NO/c1-3-22-20-13-10-16-6-4-5-7-18(16)19(20)14-21-17-11-8-15(2)9-12-17/h4-14H,3H2,1-2H3. The molecular formula is C20H19NO. The number of hydrogen-bond acceptors (Lipinski definition) is 2. The van der Waals surface area contributed by atoms with E-state index in [9.17, 15) is 0 Å². The van der Waals surface area contributed by atoms with Crippen LogP contribution in [0.4, 0.5) is 5.69 Å². The zero-order valence-corrected chi connectivity index (χ0v) is 12.9. The van der Waals surface area contributed by atoms with Gasteiger partial charge in [0.25, 0.3) is 0 Å². The fourth-order valence-electron chi connectivity index (χ4n) is 2.46. The summed E-state index contributed by atoms with van der Waals surface area (Å²) < 4.78 is 5.76. The zero-order chi connectivity index (χ0) is 15.4. The summed E-state index contributed by atoms with van der Waals surface area (Å²) in [6, 6.07) is 20.6. The van der Waals surface area contributed by atoms with Gasteiger partial charge in [0.1, 0.15) is 5.75 Å². The Kier molecular flexibility index (Phi) is 4.19. The van der Waals surface area contributed by atoms with E-state index >= 15 is 0 Å². The van der Waals surface area contributed by atoms with Crippen molar-refractivity contribution in [3.63, 3.8) is 0 Å². The average Bonchev–Trinajstić information content (AvgIpc) is 2.55. The molecule has 0 aliphatic carbocycles. The summed E-state index contributed by atoms with van der Waals surface area (Å²) in [4.78, 5) is 4.61. The van der Waals surface area contributed by atoms with Crippen LogP contribution in [0.2, 0.25) is 0 Å². The largest absolute Gasteiger partial charge is 0.493 e. The Bertz CT molecular complexity index is 804. The molecule has 0 bridgehead atoms. The molecule has 0 saturated carbocycles. The smallest absolute Gasteiger partial charge is 0.128 e. The molecule has 0 radical (unpaired) electrons. The molecule has 3 aromatic rings. The lowest BCUT2D eigenvalue weighted by Gasteiger charge is -2.10. The van der Waals surface area contributed by atoms with Crippen molar-refractivity contribution in [2.75, 3.05) is 6.61 Å². The van der Waals surface area contributed by atoms with Crippen molar-refractivity contribution >= 4 is 22.7 Å². The van der Waals surface area contributed by atoms with Crippen molar-refractivity contribution in [2.24, 2.45) is 4.99 Å². The topological polar surface area (TPSA) is 21.6 Å². The van der Waals surface area contributed by atoms with Gasteiger partial charge in [0.05, 0.1) is 12.3 Å². The lowest BCUT2D eigenvalue weighted by atomic mass is 10.0. The van der Waals surface area contributed by atoms with E-state index in [4.69, 9.17) is 4.74 Å². The maximum Gasteiger partial charge on any atom is 0.128 e. The molecule has 0 aromatic heterocycles. The normalized spacial score (nSPS) is 11.2. The number of nitrogens with zero attached hydrogens (tertiary/aromatic N) is 1. The molecule has 2 nitrogen and oxygen atoms in total. The first-order chi connectivity index (χ1) is 10.8. The van der Waals surface area contributed by atoms with E-state index in [-0.39, 0.29) is 0 Å². The van der Waals surface area contributed by atoms with Crippen molar-refractivity contribution in [3.05, 3.63) is 71.8 Å². The third-order valence-corrected chi connectivity index (χ3v) is 3.61. The van der Waals surface area contributed by atoms with Gasteiger partial charge in [-0.3, -0.25) is 4.99 Å². The van der Waals surface area contributed by atoms with Crippen LogP contribution in [0, 0.1) is 6.92 Å². The molecule has 110 valence electrons. The fraction of sp³-hybridized carbons (Fsp3) is 0.150. The SMILES string of the molecule is CCOc1ccc2ccccc2c1C=Nc1ccc(C)cc1. The highest BCUT2D eigenvalue weighted by atomic mass is 16.5. The van der Waals surface area contributed by atoms with Crippen molar-refractivity contribution < 1.29 is 4.74 Å². The van der Waals surface area contributed by atoms with Crippen molar-refractivity contribution in [1.82, 2.24) is 0 Å². The van der Waals surface area contributed by atoms with E-state index < -0.39 is 0 Å². The van der Waals surface area contributed by atoms with E-state index in [1.54, 1.807) is 0 Å². The molecule has 0 spiro atoms. The molecule has 0 heterocycles. The minimum Gasteiger partial charge on any atom is -0.493 e. The molecular weight excluding hydrogens is 270 g/mol. The predicted molar refractivity (Wildman–Crippen MR) is 93.6 cm³/mol. The van der Waals surface area contributed by atoms with Crippen LogP contribution < -0.4 is 4.74 Å².